The van der Waals surface area contributed by atoms with E-state index in [2.05, 4.69) is 36.1 Å². The van der Waals surface area contributed by atoms with Crippen molar-refractivity contribution in [1.29, 1.82) is 0 Å². The molecule has 1 unspecified atom stereocenters. The summed E-state index contributed by atoms with van der Waals surface area (Å²) in [5.74, 6) is 0. The molecule has 1 amide bonds. The van der Waals surface area contributed by atoms with Crippen LogP contribution in [-0.2, 0) is 11.3 Å². The molecule has 0 spiro atoms. The number of carbonyl (C=O) groups excluding carboxylic acids is 1. The minimum Gasteiger partial charge on any atom is -0.444 e. The number of carbonyl (C=O) groups is 1. The molecule has 1 fully saturated rings. The molecule has 0 bridgehead atoms. The standard InChI is InChI=1S/C17H26N2O2/c1-14-12-18(13-15-8-6-5-7-9-15)10-11-19(14)16(20)21-17(2,3)4/h5-9,14H,10-13H2,1-4H3. The molecule has 1 heterocycles. The highest BCUT2D eigenvalue weighted by molar-refractivity contribution is 5.68. The van der Waals surface area contributed by atoms with Crippen LogP contribution < -0.4 is 0 Å². The summed E-state index contributed by atoms with van der Waals surface area (Å²) in [5, 5.41) is 0. The van der Waals surface area contributed by atoms with Gasteiger partial charge >= 0.3 is 6.09 Å². The molecule has 1 atom stereocenters. The fourth-order valence-corrected chi connectivity index (χ4v) is 2.61. The maximum Gasteiger partial charge on any atom is 0.410 e. The lowest BCUT2D eigenvalue weighted by atomic mass is 10.1. The van der Waals surface area contributed by atoms with Crippen molar-refractivity contribution in [2.45, 2.75) is 45.9 Å². The van der Waals surface area contributed by atoms with E-state index in [0.29, 0.717) is 0 Å². The van der Waals surface area contributed by atoms with Gasteiger partial charge in [0.25, 0.3) is 0 Å². The summed E-state index contributed by atoms with van der Waals surface area (Å²) in [7, 11) is 0. The van der Waals surface area contributed by atoms with E-state index in [1.807, 2.05) is 31.7 Å². The van der Waals surface area contributed by atoms with Crippen molar-refractivity contribution in [1.82, 2.24) is 9.80 Å². The minimum atomic E-state index is -0.433. The summed E-state index contributed by atoms with van der Waals surface area (Å²) in [6.07, 6.45) is -0.200. The molecule has 0 saturated carbocycles. The number of hydrogen-bond acceptors (Lipinski definition) is 3. The SMILES string of the molecule is CC1CN(Cc2ccccc2)CCN1C(=O)OC(C)(C)C. The third-order valence-corrected chi connectivity index (χ3v) is 3.59. The Morgan fingerprint density at radius 1 is 1.24 bits per heavy atom. The largest absolute Gasteiger partial charge is 0.444 e. The second-order valence-corrected chi connectivity index (χ2v) is 6.74. The van der Waals surface area contributed by atoms with Crippen LogP contribution in [0.2, 0.25) is 0 Å². The van der Waals surface area contributed by atoms with Crippen LogP contribution in [0.3, 0.4) is 0 Å². The molecule has 1 aromatic carbocycles. The molecule has 0 aliphatic carbocycles. The fourth-order valence-electron chi connectivity index (χ4n) is 2.61. The first-order valence-corrected chi connectivity index (χ1v) is 7.61. The van der Waals surface area contributed by atoms with Crippen molar-refractivity contribution in [3.8, 4) is 0 Å². The lowest BCUT2D eigenvalue weighted by molar-refractivity contribution is 0.000564. The number of nitrogens with zero attached hydrogens (tertiary/aromatic N) is 2. The summed E-state index contributed by atoms with van der Waals surface area (Å²) in [6.45, 7) is 11.2. The van der Waals surface area contributed by atoms with E-state index in [-0.39, 0.29) is 12.1 Å². The Hall–Kier alpha value is -1.55. The maximum atomic E-state index is 12.2. The summed E-state index contributed by atoms with van der Waals surface area (Å²) < 4.78 is 5.47. The monoisotopic (exact) mass is 290 g/mol. The van der Waals surface area contributed by atoms with Gasteiger partial charge in [-0.25, -0.2) is 4.79 Å². The number of benzene rings is 1. The van der Waals surface area contributed by atoms with Gasteiger partial charge < -0.3 is 9.64 Å². The Bertz CT molecular complexity index is 467. The molecule has 2 rings (SSSR count). The number of hydrogen-bond donors (Lipinski definition) is 0. The normalized spacial score (nSPS) is 20.4. The average Bonchev–Trinajstić information content (AvgIpc) is 2.37. The topological polar surface area (TPSA) is 32.8 Å². The van der Waals surface area contributed by atoms with Crippen LogP contribution in [0.25, 0.3) is 0 Å². The summed E-state index contributed by atoms with van der Waals surface area (Å²) in [6, 6.07) is 10.6. The van der Waals surface area contributed by atoms with Crippen molar-refractivity contribution < 1.29 is 9.53 Å². The van der Waals surface area contributed by atoms with E-state index in [1.54, 1.807) is 0 Å². The van der Waals surface area contributed by atoms with Gasteiger partial charge in [0.1, 0.15) is 5.60 Å². The zero-order valence-electron chi connectivity index (χ0n) is 13.5. The molecule has 1 saturated heterocycles. The Kier molecular flexibility index (Phi) is 4.88. The first kappa shape index (κ1) is 15.8. The second-order valence-electron chi connectivity index (χ2n) is 6.74. The molecule has 4 heteroatoms. The number of piperazine rings is 1. The molecule has 4 nitrogen and oxygen atoms in total. The first-order valence-electron chi connectivity index (χ1n) is 7.61. The van der Waals surface area contributed by atoms with Crippen LogP contribution in [0.4, 0.5) is 4.79 Å². The van der Waals surface area contributed by atoms with Crippen molar-refractivity contribution in [2.75, 3.05) is 19.6 Å². The van der Waals surface area contributed by atoms with Gasteiger partial charge in [0.15, 0.2) is 0 Å². The molecule has 1 aromatic rings. The van der Waals surface area contributed by atoms with E-state index in [0.717, 1.165) is 26.2 Å². The Labute approximate surface area is 127 Å². The highest BCUT2D eigenvalue weighted by atomic mass is 16.6. The highest BCUT2D eigenvalue weighted by Gasteiger charge is 2.30. The molecule has 1 aliphatic rings. The lowest BCUT2D eigenvalue weighted by Gasteiger charge is -2.40. The van der Waals surface area contributed by atoms with Gasteiger partial charge in [-0.2, -0.15) is 0 Å². The van der Waals surface area contributed by atoms with Crippen LogP contribution in [0.15, 0.2) is 30.3 Å². The second kappa shape index (κ2) is 6.48. The van der Waals surface area contributed by atoms with Gasteiger partial charge in [-0.3, -0.25) is 4.90 Å². The fraction of sp³-hybridized carbons (Fsp3) is 0.588. The predicted octanol–water partition coefficient (Wildman–Crippen LogP) is 3.13. The highest BCUT2D eigenvalue weighted by Crippen LogP contribution is 2.17. The zero-order valence-corrected chi connectivity index (χ0v) is 13.5. The van der Waals surface area contributed by atoms with Crippen molar-refractivity contribution in [3.63, 3.8) is 0 Å². The Morgan fingerprint density at radius 3 is 2.48 bits per heavy atom. The van der Waals surface area contributed by atoms with Crippen molar-refractivity contribution in [3.05, 3.63) is 35.9 Å². The smallest absolute Gasteiger partial charge is 0.410 e. The third kappa shape index (κ3) is 4.74. The number of amides is 1. The molecule has 0 aromatic heterocycles. The lowest BCUT2D eigenvalue weighted by Crippen LogP contribution is -2.54. The third-order valence-electron chi connectivity index (χ3n) is 3.59. The van der Waals surface area contributed by atoms with Gasteiger partial charge in [-0.15, -0.1) is 0 Å². The van der Waals surface area contributed by atoms with Gasteiger partial charge in [0.2, 0.25) is 0 Å². The molecular weight excluding hydrogens is 264 g/mol. The number of ether oxygens (including phenoxy) is 1. The Morgan fingerprint density at radius 2 is 1.90 bits per heavy atom. The van der Waals surface area contributed by atoms with Gasteiger partial charge in [0, 0.05) is 32.2 Å². The molecule has 0 radical (unpaired) electrons. The first-order chi connectivity index (χ1) is 9.85. The van der Waals surface area contributed by atoms with Crippen LogP contribution in [-0.4, -0.2) is 47.2 Å². The molecule has 116 valence electrons. The molecule has 0 N–H and O–H groups in total. The van der Waals surface area contributed by atoms with E-state index in [1.165, 1.54) is 5.56 Å². The molecule has 1 aliphatic heterocycles. The molecular formula is C17H26N2O2. The zero-order chi connectivity index (χ0) is 15.5. The summed E-state index contributed by atoms with van der Waals surface area (Å²) in [4.78, 5) is 16.4. The van der Waals surface area contributed by atoms with Crippen LogP contribution in [0, 0.1) is 0 Å². The van der Waals surface area contributed by atoms with Gasteiger partial charge in [-0.05, 0) is 33.3 Å². The van der Waals surface area contributed by atoms with E-state index in [9.17, 15) is 4.79 Å². The molecule has 21 heavy (non-hydrogen) atoms. The number of rotatable bonds is 2. The van der Waals surface area contributed by atoms with Gasteiger partial charge in [-0.1, -0.05) is 30.3 Å². The predicted molar refractivity (Wildman–Crippen MR) is 84.1 cm³/mol. The van der Waals surface area contributed by atoms with Crippen molar-refractivity contribution in [2.24, 2.45) is 0 Å². The van der Waals surface area contributed by atoms with Crippen molar-refractivity contribution >= 4 is 6.09 Å². The summed E-state index contributed by atoms with van der Waals surface area (Å²) in [5.41, 5.74) is 0.883. The van der Waals surface area contributed by atoms with E-state index in [4.69, 9.17) is 4.74 Å². The van der Waals surface area contributed by atoms with Crippen LogP contribution in [0.5, 0.6) is 0 Å². The van der Waals surface area contributed by atoms with Crippen LogP contribution >= 0.6 is 0 Å². The van der Waals surface area contributed by atoms with Crippen LogP contribution in [0.1, 0.15) is 33.3 Å². The van der Waals surface area contributed by atoms with E-state index < -0.39 is 5.60 Å². The van der Waals surface area contributed by atoms with Gasteiger partial charge in [0.05, 0.1) is 0 Å². The average molecular weight is 290 g/mol. The summed E-state index contributed by atoms with van der Waals surface area (Å²) >= 11 is 0. The Balaban J connectivity index is 1.89. The van der Waals surface area contributed by atoms with E-state index >= 15 is 0 Å². The maximum absolute atomic E-state index is 12.2. The minimum absolute atomic E-state index is 0.178. The quantitative estimate of drug-likeness (QED) is 0.839.